The predicted molar refractivity (Wildman–Crippen MR) is 67.9 cm³/mol. The van der Waals surface area contributed by atoms with Crippen LogP contribution >= 0.6 is 12.6 Å². The van der Waals surface area contributed by atoms with Gasteiger partial charge in [0.25, 0.3) is 0 Å². The fraction of sp³-hybridized carbons (Fsp3) is 1.00. The third-order valence-electron chi connectivity index (χ3n) is 4.18. The highest BCUT2D eigenvalue weighted by molar-refractivity contribution is 7.80. The number of thiol groups is 1. The Morgan fingerprint density at radius 1 is 1.14 bits per heavy atom. The van der Waals surface area contributed by atoms with Gasteiger partial charge in [0.1, 0.15) is 0 Å². The highest BCUT2D eigenvalue weighted by Crippen LogP contribution is 2.38. The van der Waals surface area contributed by atoms with Gasteiger partial charge in [0.05, 0.1) is 0 Å². The van der Waals surface area contributed by atoms with Crippen LogP contribution in [0.1, 0.15) is 53.4 Å². The van der Waals surface area contributed by atoms with Crippen LogP contribution in [0.3, 0.4) is 0 Å². The molecule has 3 unspecified atom stereocenters. The lowest BCUT2D eigenvalue weighted by atomic mass is 9.78. The average molecular weight is 214 g/mol. The van der Waals surface area contributed by atoms with E-state index in [1.54, 1.807) is 0 Å². The van der Waals surface area contributed by atoms with Crippen LogP contribution in [0, 0.1) is 23.7 Å². The summed E-state index contributed by atoms with van der Waals surface area (Å²) in [5.74, 6) is 3.53. The van der Waals surface area contributed by atoms with Crippen LogP contribution in [0.4, 0.5) is 0 Å². The van der Waals surface area contributed by atoms with E-state index in [4.69, 9.17) is 0 Å². The zero-order valence-corrected chi connectivity index (χ0v) is 11.1. The Labute approximate surface area is 95.3 Å². The molecule has 84 valence electrons. The van der Waals surface area contributed by atoms with Crippen molar-refractivity contribution < 1.29 is 0 Å². The van der Waals surface area contributed by atoms with Crippen LogP contribution in [0.25, 0.3) is 0 Å². The Morgan fingerprint density at radius 2 is 1.79 bits per heavy atom. The quantitative estimate of drug-likeness (QED) is 0.511. The summed E-state index contributed by atoms with van der Waals surface area (Å²) in [7, 11) is 0. The van der Waals surface area contributed by atoms with E-state index in [1.165, 1.54) is 25.7 Å². The molecule has 0 heterocycles. The first-order chi connectivity index (χ1) is 6.52. The normalized spacial score (nSPS) is 38.8. The van der Waals surface area contributed by atoms with Crippen LogP contribution in [0.5, 0.6) is 0 Å². The SMILES string of the molecule is CC1CCC[C@@H](C(C)C(C)S)[C@H](C)C1. The maximum Gasteiger partial charge on any atom is 0.00168 e. The van der Waals surface area contributed by atoms with Gasteiger partial charge in [-0.25, -0.2) is 0 Å². The van der Waals surface area contributed by atoms with Crippen LogP contribution < -0.4 is 0 Å². The summed E-state index contributed by atoms with van der Waals surface area (Å²) in [5.41, 5.74) is 0. The molecule has 5 atom stereocenters. The molecule has 0 saturated heterocycles. The fourth-order valence-corrected chi connectivity index (χ4v) is 3.27. The summed E-state index contributed by atoms with van der Waals surface area (Å²) in [6.07, 6.45) is 5.72. The largest absolute Gasteiger partial charge is 0.176 e. The zero-order valence-electron chi connectivity index (χ0n) is 10.2. The Bertz CT molecular complexity index is 165. The van der Waals surface area contributed by atoms with E-state index in [1.807, 2.05) is 0 Å². The van der Waals surface area contributed by atoms with Crippen molar-refractivity contribution in [1.82, 2.24) is 0 Å². The topological polar surface area (TPSA) is 0 Å². The molecule has 1 rings (SSSR count). The van der Waals surface area contributed by atoms with Crippen molar-refractivity contribution in [2.45, 2.75) is 58.6 Å². The third-order valence-corrected chi connectivity index (χ3v) is 4.65. The first-order valence-electron chi connectivity index (χ1n) is 6.20. The smallest absolute Gasteiger partial charge is 0.00168 e. The molecule has 1 heteroatoms. The van der Waals surface area contributed by atoms with Gasteiger partial charge in [-0.05, 0) is 36.5 Å². The summed E-state index contributed by atoms with van der Waals surface area (Å²) in [5, 5.41) is 0.552. The Morgan fingerprint density at radius 3 is 2.36 bits per heavy atom. The van der Waals surface area contributed by atoms with E-state index in [2.05, 4.69) is 40.3 Å². The van der Waals surface area contributed by atoms with Crippen molar-refractivity contribution >= 4 is 12.6 Å². The molecule has 0 aromatic carbocycles. The molecule has 0 amide bonds. The van der Waals surface area contributed by atoms with Gasteiger partial charge in [0.2, 0.25) is 0 Å². The van der Waals surface area contributed by atoms with Crippen molar-refractivity contribution in [2.24, 2.45) is 23.7 Å². The zero-order chi connectivity index (χ0) is 10.7. The van der Waals surface area contributed by atoms with E-state index < -0.39 is 0 Å². The number of rotatable bonds is 2. The summed E-state index contributed by atoms with van der Waals surface area (Å²) >= 11 is 4.60. The lowest BCUT2D eigenvalue weighted by Gasteiger charge is -2.30. The fourth-order valence-electron chi connectivity index (χ4n) is 3.05. The van der Waals surface area contributed by atoms with Gasteiger partial charge >= 0.3 is 0 Å². The molecule has 1 aliphatic rings. The number of hydrogen-bond donors (Lipinski definition) is 1. The van der Waals surface area contributed by atoms with Gasteiger partial charge in [0, 0.05) is 5.25 Å². The number of hydrogen-bond acceptors (Lipinski definition) is 1. The van der Waals surface area contributed by atoms with Gasteiger partial charge in [-0.2, -0.15) is 12.6 Å². The van der Waals surface area contributed by atoms with E-state index in [0.29, 0.717) is 5.25 Å². The first kappa shape index (κ1) is 12.4. The average Bonchev–Trinajstić information content (AvgIpc) is 2.25. The summed E-state index contributed by atoms with van der Waals surface area (Å²) in [4.78, 5) is 0. The second kappa shape index (κ2) is 5.44. The lowest BCUT2D eigenvalue weighted by Crippen LogP contribution is -2.24. The molecule has 1 aliphatic carbocycles. The Kier molecular flexibility index (Phi) is 4.82. The molecule has 1 fully saturated rings. The summed E-state index contributed by atoms with van der Waals surface area (Å²) in [6, 6.07) is 0. The highest BCUT2D eigenvalue weighted by Gasteiger charge is 2.29. The monoisotopic (exact) mass is 214 g/mol. The standard InChI is InChI=1S/C13H26S/c1-9-6-5-7-13(10(2)8-9)11(3)12(4)14/h9-14H,5-8H2,1-4H3/t9?,10-,11?,12?,13-/m1/s1. The van der Waals surface area contributed by atoms with Crippen LogP contribution in [-0.2, 0) is 0 Å². The highest BCUT2D eigenvalue weighted by atomic mass is 32.1. The minimum Gasteiger partial charge on any atom is -0.176 e. The maximum atomic E-state index is 4.60. The molecule has 0 spiro atoms. The molecule has 0 aromatic rings. The van der Waals surface area contributed by atoms with Crippen molar-refractivity contribution in [3.05, 3.63) is 0 Å². The second-order valence-corrected chi connectivity index (χ2v) is 6.33. The Hall–Kier alpha value is 0.350. The van der Waals surface area contributed by atoms with Crippen molar-refractivity contribution in [3.8, 4) is 0 Å². The molecule has 0 aromatic heterocycles. The summed E-state index contributed by atoms with van der Waals surface area (Å²) < 4.78 is 0. The van der Waals surface area contributed by atoms with Crippen molar-refractivity contribution in [2.75, 3.05) is 0 Å². The van der Waals surface area contributed by atoms with Gasteiger partial charge in [-0.1, -0.05) is 40.5 Å². The van der Waals surface area contributed by atoms with Crippen molar-refractivity contribution in [1.29, 1.82) is 0 Å². The summed E-state index contributed by atoms with van der Waals surface area (Å²) in [6.45, 7) is 9.48. The molecule has 0 aliphatic heterocycles. The third kappa shape index (κ3) is 3.18. The molecule has 0 radical (unpaired) electrons. The van der Waals surface area contributed by atoms with E-state index in [0.717, 1.165) is 23.7 Å². The predicted octanol–water partition coefficient (Wildman–Crippen LogP) is 4.40. The van der Waals surface area contributed by atoms with E-state index >= 15 is 0 Å². The van der Waals surface area contributed by atoms with E-state index in [9.17, 15) is 0 Å². The Balaban J connectivity index is 2.58. The lowest BCUT2D eigenvalue weighted by molar-refractivity contribution is 0.232. The molecular formula is C13H26S. The second-order valence-electron chi connectivity index (χ2n) is 5.51. The minimum absolute atomic E-state index is 0.552. The molecule has 0 bridgehead atoms. The van der Waals surface area contributed by atoms with Gasteiger partial charge < -0.3 is 0 Å². The minimum atomic E-state index is 0.552. The van der Waals surface area contributed by atoms with Gasteiger partial charge in [0.15, 0.2) is 0 Å². The molecule has 0 N–H and O–H groups in total. The van der Waals surface area contributed by atoms with Gasteiger partial charge in [-0.15, -0.1) is 0 Å². The van der Waals surface area contributed by atoms with E-state index in [-0.39, 0.29) is 0 Å². The first-order valence-corrected chi connectivity index (χ1v) is 6.72. The molecular weight excluding hydrogens is 188 g/mol. The van der Waals surface area contributed by atoms with Crippen LogP contribution in [0.2, 0.25) is 0 Å². The molecule has 14 heavy (non-hydrogen) atoms. The van der Waals surface area contributed by atoms with Crippen LogP contribution in [0.15, 0.2) is 0 Å². The van der Waals surface area contributed by atoms with Gasteiger partial charge in [-0.3, -0.25) is 0 Å². The van der Waals surface area contributed by atoms with Crippen LogP contribution in [-0.4, -0.2) is 5.25 Å². The molecule has 1 saturated carbocycles. The van der Waals surface area contributed by atoms with Crippen molar-refractivity contribution in [3.63, 3.8) is 0 Å². The molecule has 0 nitrogen and oxygen atoms in total. The maximum absolute atomic E-state index is 4.60.